The normalized spacial score (nSPS) is 15.0. The standard InChI is InChI=1S/C17H15F3N4S/c1-2-25-13-7-11(10-3-4-10)9-21-16(13)12-5-6-24-15(22-12)8-14(23-24)17(18,19)20/h5-10H,2-4H2,1H3. The second kappa shape index (κ2) is 6.01. The molecule has 0 bridgehead atoms. The van der Waals surface area contributed by atoms with Crippen molar-refractivity contribution in [2.75, 3.05) is 5.75 Å². The molecule has 4 nitrogen and oxygen atoms in total. The fraction of sp³-hybridized carbons (Fsp3) is 0.353. The number of thioether (sulfide) groups is 1. The van der Waals surface area contributed by atoms with Crippen LogP contribution < -0.4 is 0 Å². The largest absolute Gasteiger partial charge is 0.435 e. The maximum Gasteiger partial charge on any atom is 0.435 e. The van der Waals surface area contributed by atoms with Crippen LogP contribution in [0.3, 0.4) is 0 Å². The summed E-state index contributed by atoms with van der Waals surface area (Å²) in [5.41, 5.74) is 1.69. The van der Waals surface area contributed by atoms with Gasteiger partial charge in [-0.2, -0.15) is 18.3 Å². The van der Waals surface area contributed by atoms with Gasteiger partial charge >= 0.3 is 6.18 Å². The van der Waals surface area contributed by atoms with Gasteiger partial charge in [0.25, 0.3) is 0 Å². The Kier molecular flexibility index (Phi) is 3.94. The molecule has 0 aliphatic heterocycles. The summed E-state index contributed by atoms with van der Waals surface area (Å²) in [6.07, 6.45) is 1.25. The zero-order valence-electron chi connectivity index (χ0n) is 13.4. The van der Waals surface area contributed by atoms with E-state index in [0.717, 1.165) is 21.2 Å². The van der Waals surface area contributed by atoms with E-state index in [4.69, 9.17) is 0 Å². The lowest BCUT2D eigenvalue weighted by atomic mass is 10.1. The molecule has 3 heterocycles. The van der Waals surface area contributed by atoms with Crippen molar-refractivity contribution in [3.63, 3.8) is 0 Å². The van der Waals surface area contributed by atoms with E-state index in [-0.39, 0.29) is 5.65 Å². The number of pyridine rings is 1. The van der Waals surface area contributed by atoms with Crippen molar-refractivity contribution in [1.29, 1.82) is 0 Å². The molecule has 0 unspecified atom stereocenters. The highest BCUT2D eigenvalue weighted by molar-refractivity contribution is 7.99. The van der Waals surface area contributed by atoms with Gasteiger partial charge in [-0.25, -0.2) is 9.50 Å². The molecule has 0 radical (unpaired) electrons. The lowest BCUT2D eigenvalue weighted by molar-refractivity contribution is -0.141. The summed E-state index contributed by atoms with van der Waals surface area (Å²) in [7, 11) is 0. The van der Waals surface area contributed by atoms with E-state index < -0.39 is 11.9 Å². The summed E-state index contributed by atoms with van der Waals surface area (Å²) in [6, 6.07) is 4.74. The maximum atomic E-state index is 12.8. The molecule has 0 atom stereocenters. The molecule has 1 aliphatic carbocycles. The van der Waals surface area contributed by atoms with Gasteiger partial charge in [0, 0.05) is 23.4 Å². The van der Waals surface area contributed by atoms with E-state index >= 15 is 0 Å². The fourth-order valence-electron chi connectivity index (χ4n) is 2.71. The van der Waals surface area contributed by atoms with E-state index in [9.17, 15) is 13.2 Å². The second-order valence-corrected chi connectivity index (χ2v) is 7.27. The van der Waals surface area contributed by atoms with Crippen molar-refractivity contribution in [3.05, 3.63) is 41.9 Å². The molecule has 1 saturated carbocycles. The number of aromatic nitrogens is 4. The molecule has 0 amide bonds. The first-order valence-corrected chi connectivity index (χ1v) is 9.01. The van der Waals surface area contributed by atoms with E-state index in [0.29, 0.717) is 17.3 Å². The minimum Gasteiger partial charge on any atom is -0.253 e. The molecular formula is C17H15F3N4S. The van der Waals surface area contributed by atoms with Gasteiger partial charge in [-0.15, -0.1) is 11.8 Å². The van der Waals surface area contributed by atoms with Crippen molar-refractivity contribution in [2.45, 2.75) is 36.8 Å². The van der Waals surface area contributed by atoms with Crippen LogP contribution in [-0.4, -0.2) is 25.3 Å². The predicted molar refractivity (Wildman–Crippen MR) is 89.6 cm³/mol. The number of hydrogen-bond donors (Lipinski definition) is 0. The van der Waals surface area contributed by atoms with Gasteiger partial charge in [0.15, 0.2) is 11.3 Å². The van der Waals surface area contributed by atoms with Crippen molar-refractivity contribution in [3.8, 4) is 11.4 Å². The third-order valence-corrected chi connectivity index (χ3v) is 4.99. The molecule has 25 heavy (non-hydrogen) atoms. The number of alkyl halides is 3. The molecule has 8 heteroatoms. The molecule has 130 valence electrons. The first-order chi connectivity index (χ1) is 12.0. The molecule has 1 aliphatic rings. The summed E-state index contributed by atoms with van der Waals surface area (Å²) in [6.45, 7) is 2.06. The van der Waals surface area contributed by atoms with Crippen molar-refractivity contribution < 1.29 is 13.2 Å². The van der Waals surface area contributed by atoms with Gasteiger partial charge in [0.2, 0.25) is 0 Å². The van der Waals surface area contributed by atoms with Crippen LogP contribution in [-0.2, 0) is 6.18 Å². The SMILES string of the molecule is CCSc1cc(C2CC2)cnc1-c1ccn2nc(C(F)(F)F)cc2n1. The van der Waals surface area contributed by atoms with Gasteiger partial charge in [-0.3, -0.25) is 4.98 Å². The Hall–Kier alpha value is -2.09. The average molecular weight is 364 g/mol. The third kappa shape index (κ3) is 3.22. The molecule has 0 aromatic carbocycles. The Bertz CT molecular complexity index is 931. The van der Waals surface area contributed by atoms with Crippen molar-refractivity contribution >= 4 is 17.4 Å². The quantitative estimate of drug-likeness (QED) is 0.624. The van der Waals surface area contributed by atoms with Gasteiger partial charge in [0.1, 0.15) is 5.69 Å². The maximum absolute atomic E-state index is 12.8. The summed E-state index contributed by atoms with van der Waals surface area (Å²) in [5, 5.41) is 3.53. The summed E-state index contributed by atoms with van der Waals surface area (Å²) in [5.74, 6) is 1.48. The molecule has 0 saturated heterocycles. The van der Waals surface area contributed by atoms with Crippen LogP contribution in [0.2, 0.25) is 0 Å². The lowest BCUT2D eigenvalue weighted by Crippen LogP contribution is -2.05. The molecular weight excluding hydrogens is 349 g/mol. The number of hydrogen-bond acceptors (Lipinski definition) is 4. The topological polar surface area (TPSA) is 43.1 Å². The van der Waals surface area contributed by atoms with E-state index in [1.54, 1.807) is 17.8 Å². The number of halogens is 3. The lowest BCUT2D eigenvalue weighted by Gasteiger charge is -2.09. The van der Waals surface area contributed by atoms with Gasteiger partial charge < -0.3 is 0 Å². The Morgan fingerprint density at radius 1 is 1.28 bits per heavy atom. The van der Waals surface area contributed by atoms with Gasteiger partial charge in [0.05, 0.1) is 5.69 Å². The highest BCUT2D eigenvalue weighted by Gasteiger charge is 2.34. The monoisotopic (exact) mass is 364 g/mol. The van der Waals surface area contributed by atoms with Crippen LogP contribution in [0.25, 0.3) is 17.0 Å². The van der Waals surface area contributed by atoms with Crippen LogP contribution >= 0.6 is 11.8 Å². The minimum absolute atomic E-state index is 0.158. The van der Waals surface area contributed by atoms with Crippen LogP contribution in [0.5, 0.6) is 0 Å². The summed E-state index contributed by atoms with van der Waals surface area (Å²) < 4.78 is 39.6. The number of rotatable bonds is 4. The first kappa shape index (κ1) is 16.4. The Labute approximate surface area is 146 Å². The zero-order chi connectivity index (χ0) is 17.6. The zero-order valence-corrected chi connectivity index (χ0v) is 14.2. The second-order valence-electron chi connectivity index (χ2n) is 5.97. The molecule has 4 rings (SSSR count). The highest BCUT2D eigenvalue weighted by atomic mass is 32.2. The predicted octanol–water partition coefficient (Wildman–Crippen LogP) is 4.80. The molecule has 1 fully saturated rings. The molecule has 0 spiro atoms. The summed E-state index contributed by atoms with van der Waals surface area (Å²) in [4.78, 5) is 9.91. The molecule has 3 aromatic rings. The summed E-state index contributed by atoms with van der Waals surface area (Å²) >= 11 is 1.67. The highest BCUT2D eigenvalue weighted by Crippen LogP contribution is 2.42. The molecule has 3 aromatic heterocycles. The number of nitrogens with zero attached hydrogens (tertiary/aromatic N) is 4. The van der Waals surface area contributed by atoms with E-state index in [1.807, 2.05) is 6.20 Å². The Morgan fingerprint density at radius 3 is 2.76 bits per heavy atom. The van der Waals surface area contributed by atoms with E-state index in [1.165, 1.54) is 24.6 Å². The van der Waals surface area contributed by atoms with Crippen molar-refractivity contribution in [1.82, 2.24) is 19.6 Å². The van der Waals surface area contributed by atoms with Crippen LogP contribution in [0.15, 0.2) is 35.5 Å². The van der Waals surface area contributed by atoms with Gasteiger partial charge in [-0.05, 0) is 42.2 Å². The van der Waals surface area contributed by atoms with Gasteiger partial charge in [-0.1, -0.05) is 6.92 Å². The van der Waals surface area contributed by atoms with E-state index in [2.05, 4.69) is 28.1 Å². The third-order valence-electron chi connectivity index (χ3n) is 4.08. The Balaban J connectivity index is 1.78. The Morgan fingerprint density at radius 2 is 2.08 bits per heavy atom. The minimum atomic E-state index is -4.48. The number of fused-ring (bicyclic) bond motifs is 1. The molecule has 0 N–H and O–H groups in total. The van der Waals surface area contributed by atoms with Crippen LogP contribution in [0.1, 0.15) is 36.9 Å². The average Bonchev–Trinajstić information content (AvgIpc) is 3.32. The van der Waals surface area contributed by atoms with Crippen molar-refractivity contribution in [2.24, 2.45) is 0 Å². The fourth-order valence-corrected chi connectivity index (χ4v) is 3.53. The van der Waals surface area contributed by atoms with Crippen LogP contribution in [0.4, 0.5) is 13.2 Å². The first-order valence-electron chi connectivity index (χ1n) is 8.02. The van der Waals surface area contributed by atoms with Crippen LogP contribution in [0, 0.1) is 0 Å². The smallest absolute Gasteiger partial charge is 0.253 e.